The van der Waals surface area contributed by atoms with Gasteiger partial charge in [-0.05, 0) is 64.2 Å². The molecule has 0 bridgehead atoms. The molecule has 0 unspecified atom stereocenters. The molecule has 0 aromatic carbocycles. The van der Waals surface area contributed by atoms with Crippen LogP contribution in [-0.4, -0.2) is 51.5 Å². The van der Waals surface area contributed by atoms with Gasteiger partial charge in [0.15, 0.2) is 12.3 Å². The van der Waals surface area contributed by atoms with Crippen molar-refractivity contribution >= 4 is 11.9 Å². The summed E-state index contributed by atoms with van der Waals surface area (Å²) in [5.74, 6) is -0.872. The largest absolute Gasteiger partial charge is 0.463 e. The number of nitrogens with one attached hydrogen (secondary N) is 1. The van der Waals surface area contributed by atoms with E-state index in [1.807, 2.05) is 0 Å². The number of aromatic amines is 1. The zero-order chi connectivity index (χ0) is 39.8. The summed E-state index contributed by atoms with van der Waals surface area (Å²) in [5, 5.41) is 11.1. The highest BCUT2D eigenvalue weighted by Crippen LogP contribution is 2.31. The third-order valence-electron chi connectivity index (χ3n) is 10.4. The molecule has 2 rings (SSSR count). The van der Waals surface area contributed by atoms with Crippen LogP contribution >= 0.6 is 0 Å². The number of aromatic nitrogens is 2. The fourth-order valence-electron chi connectivity index (χ4n) is 6.99. The normalized spacial score (nSPS) is 18.5. The summed E-state index contributed by atoms with van der Waals surface area (Å²) in [7, 11) is 0. The predicted octanol–water partition coefficient (Wildman–Crippen LogP) is 10.3. The van der Waals surface area contributed by atoms with E-state index in [-0.39, 0.29) is 19.4 Å². The molecular formula is C45H76N2O8. The number of hydrogen-bond acceptors (Lipinski definition) is 8. The number of hydrogen-bond donors (Lipinski definition) is 2. The Hall–Kier alpha value is -2.98. The van der Waals surface area contributed by atoms with E-state index < -0.39 is 47.7 Å². The van der Waals surface area contributed by atoms with E-state index in [1.165, 1.54) is 96.1 Å². The number of carbonyl (C=O) groups excluding carboxylic acids is 2. The fraction of sp³-hybridized carbons (Fsp3) is 0.778. The second-order valence-corrected chi connectivity index (χ2v) is 15.4. The van der Waals surface area contributed by atoms with Crippen LogP contribution < -0.4 is 11.2 Å². The average molecular weight is 773 g/mol. The SMILES string of the molecule is CCCCCCCC/C=C\CCCCCCCC(=O)OC[C@H]1O[C@@H](n2ccc(=O)[nH]c2=O)[C@H](O)[C@@H]1OC(=O)CCCCCCC/C=C\CCCCCCCC. The van der Waals surface area contributed by atoms with Crippen LogP contribution in [0.25, 0.3) is 0 Å². The summed E-state index contributed by atoms with van der Waals surface area (Å²) < 4.78 is 18.2. The summed E-state index contributed by atoms with van der Waals surface area (Å²) in [6, 6.07) is 1.15. The van der Waals surface area contributed by atoms with Gasteiger partial charge in [-0.25, -0.2) is 4.79 Å². The molecule has 55 heavy (non-hydrogen) atoms. The minimum atomic E-state index is -1.41. The number of H-pyrrole nitrogens is 1. The topological polar surface area (TPSA) is 137 Å². The second-order valence-electron chi connectivity index (χ2n) is 15.4. The van der Waals surface area contributed by atoms with Crippen molar-refractivity contribution < 1.29 is 28.9 Å². The number of nitrogens with zero attached hydrogens (tertiary/aromatic N) is 1. The van der Waals surface area contributed by atoms with Crippen molar-refractivity contribution in [2.75, 3.05) is 6.61 Å². The van der Waals surface area contributed by atoms with Crippen LogP contribution in [0.2, 0.25) is 0 Å². The first kappa shape index (κ1) is 48.2. The Morgan fingerprint density at radius 2 is 1.11 bits per heavy atom. The molecule has 1 aromatic heterocycles. The number of unbranched alkanes of at least 4 members (excludes halogenated alkanes) is 22. The molecule has 1 aliphatic rings. The molecule has 1 aromatic rings. The highest BCUT2D eigenvalue weighted by molar-refractivity contribution is 5.70. The third-order valence-corrected chi connectivity index (χ3v) is 10.4. The number of aliphatic hydroxyl groups excluding tert-OH is 1. The van der Waals surface area contributed by atoms with Crippen LogP contribution in [0.1, 0.15) is 200 Å². The lowest BCUT2D eigenvalue weighted by molar-refractivity contribution is -0.160. The summed E-state index contributed by atoms with van der Waals surface area (Å²) in [6.45, 7) is 4.25. The third kappa shape index (κ3) is 23.0. The van der Waals surface area contributed by atoms with Crippen molar-refractivity contribution in [3.63, 3.8) is 0 Å². The van der Waals surface area contributed by atoms with Crippen molar-refractivity contribution in [3.8, 4) is 0 Å². The van der Waals surface area contributed by atoms with Crippen LogP contribution in [0.15, 0.2) is 46.2 Å². The van der Waals surface area contributed by atoms with Gasteiger partial charge in [-0.15, -0.1) is 0 Å². The van der Waals surface area contributed by atoms with Gasteiger partial charge in [-0.3, -0.25) is 23.9 Å². The van der Waals surface area contributed by atoms with E-state index in [0.29, 0.717) is 12.8 Å². The first-order valence-electron chi connectivity index (χ1n) is 22.2. The van der Waals surface area contributed by atoms with E-state index in [0.717, 1.165) is 74.8 Å². The Morgan fingerprint density at radius 3 is 1.58 bits per heavy atom. The van der Waals surface area contributed by atoms with E-state index >= 15 is 0 Å². The van der Waals surface area contributed by atoms with E-state index in [9.17, 15) is 24.3 Å². The molecule has 1 saturated heterocycles. The van der Waals surface area contributed by atoms with Crippen LogP contribution in [-0.2, 0) is 23.8 Å². The minimum absolute atomic E-state index is 0.187. The monoisotopic (exact) mass is 773 g/mol. The first-order chi connectivity index (χ1) is 26.9. The zero-order valence-electron chi connectivity index (χ0n) is 34.5. The van der Waals surface area contributed by atoms with E-state index in [1.54, 1.807) is 0 Å². The molecule has 1 aliphatic heterocycles. The van der Waals surface area contributed by atoms with Gasteiger partial charge in [0.25, 0.3) is 5.56 Å². The molecule has 0 amide bonds. The van der Waals surface area contributed by atoms with Gasteiger partial charge in [0.2, 0.25) is 0 Å². The smallest absolute Gasteiger partial charge is 0.330 e. The number of ether oxygens (including phenoxy) is 3. The van der Waals surface area contributed by atoms with Gasteiger partial charge in [-0.2, -0.15) is 0 Å². The minimum Gasteiger partial charge on any atom is -0.463 e. The van der Waals surface area contributed by atoms with Gasteiger partial charge >= 0.3 is 17.6 Å². The summed E-state index contributed by atoms with van der Waals surface area (Å²) in [5.41, 5.74) is -1.35. The molecule has 10 heteroatoms. The number of allylic oxidation sites excluding steroid dienone is 4. The zero-order valence-corrected chi connectivity index (χ0v) is 34.5. The molecule has 0 aliphatic carbocycles. The van der Waals surface area contributed by atoms with Crippen molar-refractivity contribution in [1.29, 1.82) is 0 Å². The van der Waals surface area contributed by atoms with Crippen LogP contribution in [0.4, 0.5) is 0 Å². The Kier molecular flexibility index (Phi) is 28.2. The van der Waals surface area contributed by atoms with Crippen molar-refractivity contribution in [2.24, 2.45) is 0 Å². The average Bonchev–Trinajstić information content (AvgIpc) is 3.47. The summed E-state index contributed by atoms with van der Waals surface area (Å²) in [4.78, 5) is 51.7. The molecule has 1 fully saturated rings. The van der Waals surface area contributed by atoms with Crippen LogP contribution in [0.5, 0.6) is 0 Å². The molecule has 0 saturated carbocycles. The second kappa shape index (κ2) is 32.1. The standard InChI is InChI=1S/C45H76N2O8/c1-3-5-7-9-11-13-15-17-19-21-23-25-27-29-31-33-40(49)53-37-38-43(42(51)44(54-38)47-36-35-39(48)46-45(47)52)55-41(50)34-32-30-28-26-24-22-20-18-16-14-12-10-8-6-4-2/h17-20,35-36,38,42-44,51H,3-16,21-34,37H2,1-2H3,(H,46,48,52)/b19-17-,20-18-/t38-,42-,43-,44-/m1/s1. The highest BCUT2D eigenvalue weighted by atomic mass is 16.6. The molecule has 4 atom stereocenters. The molecule has 0 radical (unpaired) electrons. The lowest BCUT2D eigenvalue weighted by Crippen LogP contribution is -2.40. The van der Waals surface area contributed by atoms with Crippen molar-refractivity contribution in [2.45, 2.75) is 218 Å². The Morgan fingerprint density at radius 1 is 0.673 bits per heavy atom. The van der Waals surface area contributed by atoms with Gasteiger partial charge in [0.1, 0.15) is 18.8 Å². The maximum atomic E-state index is 12.9. The number of carbonyl (C=O) groups is 2. The molecule has 2 N–H and O–H groups in total. The molecule has 2 heterocycles. The summed E-state index contributed by atoms with van der Waals surface area (Å²) >= 11 is 0. The molecule has 314 valence electrons. The lowest BCUT2D eigenvalue weighted by Gasteiger charge is -2.21. The predicted molar refractivity (Wildman–Crippen MR) is 221 cm³/mol. The maximum absolute atomic E-state index is 12.9. The van der Waals surface area contributed by atoms with Crippen LogP contribution in [0, 0.1) is 0 Å². The lowest BCUT2D eigenvalue weighted by atomic mass is 10.1. The van der Waals surface area contributed by atoms with Gasteiger partial charge in [0.05, 0.1) is 0 Å². The Balaban J connectivity index is 1.67. The van der Waals surface area contributed by atoms with Crippen LogP contribution in [0.3, 0.4) is 0 Å². The molecule has 0 spiro atoms. The Bertz CT molecular complexity index is 1300. The van der Waals surface area contributed by atoms with E-state index in [4.69, 9.17) is 14.2 Å². The number of aliphatic hydroxyl groups is 1. The first-order valence-corrected chi connectivity index (χ1v) is 22.2. The van der Waals surface area contributed by atoms with Crippen molar-refractivity contribution in [1.82, 2.24) is 9.55 Å². The van der Waals surface area contributed by atoms with Gasteiger partial charge in [0, 0.05) is 25.1 Å². The highest BCUT2D eigenvalue weighted by Gasteiger charge is 2.48. The van der Waals surface area contributed by atoms with Gasteiger partial charge < -0.3 is 19.3 Å². The molecule has 10 nitrogen and oxygen atoms in total. The number of esters is 2. The Labute approximate surface area is 331 Å². The quantitative estimate of drug-likeness (QED) is 0.0401. The fourth-order valence-corrected chi connectivity index (χ4v) is 6.99. The van der Waals surface area contributed by atoms with E-state index in [2.05, 4.69) is 43.1 Å². The number of rotatable bonds is 34. The summed E-state index contributed by atoms with van der Waals surface area (Å²) in [6.07, 6.45) is 36.3. The van der Waals surface area contributed by atoms with Crippen molar-refractivity contribution in [3.05, 3.63) is 57.4 Å². The molecular weight excluding hydrogens is 697 g/mol. The maximum Gasteiger partial charge on any atom is 0.330 e. The van der Waals surface area contributed by atoms with Gasteiger partial charge in [-0.1, -0.05) is 141 Å².